The van der Waals surface area contributed by atoms with Gasteiger partial charge in [0.2, 0.25) is 0 Å². The van der Waals surface area contributed by atoms with E-state index < -0.39 is 93.9 Å². The van der Waals surface area contributed by atoms with Gasteiger partial charge in [0, 0.05) is 0 Å². The molecule has 0 atom stereocenters. The molecular formula is H6Ca15O48P12. The fourth-order valence-electron chi connectivity index (χ4n) is 0. The first-order valence-corrected chi connectivity index (χ1v) is 26.6. The molecule has 0 aliphatic heterocycles. The molecule has 0 aromatic carbocycles. The van der Waals surface area contributed by atoms with Gasteiger partial charge in [-0.15, -0.1) is 0 Å². The third-order valence-corrected chi connectivity index (χ3v) is 0. The van der Waals surface area contributed by atoms with E-state index in [1.165, 1.54) is 0 Å². The molecule has 0 saturated heterocycles. The Labute approximate surface area is 866 Å². The molecule has 0 aliphatic rings. The van der Waals surface area contributed by atoms with Gasteiger partial charge < -0.3 is 231 Å². The standard InChI is InChI=1S/15Ca.12H3O4P/c;;;;;;;;;;;;;;;12*1-5(2,3)4/h;;;;;;;;;;;;;;;12*(H3,1,2,3,4)/q15*+2;;;;;;;;;;;;/p-30. The molecule has 0 saturated carbocycles. The molecule has 384 valence electrons. The maximum Gasteiger partial charge on any atom is 2.00 e. The first kappa shape index (κ1) is 182. The van der Waals surface area contributed by atoms with Crippen molar-refractivity contribution in [1.82, 2.24) is 0 Å². The molecule has 0 spiro atoms. The number of phosphoric acid groups is 12. The Kier molecular flexibility index (Phi) is 233. The number of hydrogen-bond donors (Lipinski definition) is 6. The Bertz CT molecular complexity index is 1080. The summed E-state index contributed by atoms with van der Waals surface area (Å²) in [6, 6.07) is 0. The van der Waals surface area contributed by atoms with Crippen LogP contribution in [0.25, 0.3) is 0 Å². The molecule has 0 rings (SSSR count). The van der Waals surface area contributed by atoms with Crippen LogP contribution >= 0.6 is 93.9 Å². The molecule has 0 bridgehead atoms. The van der Waals surface area contributed by atoms with E-state index >= 15 is 0 Å². The average Bonchev–Trinajstić information content (AvgIpc) is 2.48. The Morgan fingerprint density at radius 3 is 0.133 bits per heavy atom. The molecule has 48 nitrogen and oxygen atoms in total. The van der Waals surface area contributed by atoms with Crippen LogP contribution in [0.3, 0.4) is 0 Å². The van der Waals surface area contributed by atoms with Crippen LogP contribution in [-0.2, 0) is 54.8 Å². The predicted octanol–water partition coefficient (Wildman–Crippen LogP) is -35.8. The van der Waals surface area contributed by atoms with Crippen molar-refractivity contribution in [3.8, 4) is 0 Å². The van der Waals surface area contributed by atoms with Crippen molar-refractivity contribution in [2.75, 3.05) is 0 Å². The fraction of sp³-hybridized carbons (Fsp3) is 0. The summed E-state index contributed by atoms with van der Waals surface area (Å²) in [6.07, 6.45) is 0. The molecule has 75 heteroatoms. The maximum absolute atomic E-state index is 8.66. The van der Waals surface area contributed by atoms with Gasteiger partial charge in [-0.2, -0.15) is 46.9 Å². The van der Waals surface area contributed by atoms with E-state index in [2.05, 4.69) is 0 Å². The van der Waals surface area contributed by atoms with Crippen molar-refractivity contribution in [2.24, 2.45) is 0 Å². The SMILES string of the molecule is O=P([O-])([O-])O.O=P([O-])([O-])O.O=P([O-])([O-])O.O=P([O-])([O-])O.O=P([O-])([O-])O.O=P([O-])([O-])O.O=P([O-])([O-])[O-].O=P([O-])([O-])[O-].O=P([O-])([O-])[O-].O=P([O-])([O-])[O-].O=P([O-])([O-])[O-].O=P([O-])([O-])[O-].[Ca+2].[Ca+2].[Ca+2].[Ca+2].[Ca+2].[Ca+2].[Ca+2].[Ca+2].[Ca+2].[Ca+2].[Ca+2].[Ca+2].[Ca+2].[Ca+2].[Ca+2]. The van der Waals surface area contributed by atoms with E-state index in [4.69, 9.17) is 231 Å². The smallest absolute Gasteiger partial charge is 0.822 e. The summed E-state index contributed by atoms with van der Waals surface area (Å²) in [5, 5.41) is 0. The monoisotopic (exact) mass is 1740 g/mol. The zero-order valence-corrected chi connectivity index (χ0v) is 79.7. The zero-order chi connectivity index (χ0) is 54.0. The van der Waals surface area contributed by atoms with Crippen molar-refractivity contribution in [3.63, 3.8) is 0 Å². The van der Waals surface area contributed by atoms with Gasteiger partial charge in [-0.1, -0.05) is 0 Å². The van der Waals surface area contributed by atoms with E-state index in [0.717, 1.165) is 0 Å². The van der Waals surface area contributed by atoms with Gasteiger partial charge >= 0.3 is 566 Å². The predicted molar refractivity (Wildman–Crippen MR) is 191 cm³/mol. The maximum atomic E-state index is 8.66. The second-order valence-corrected chi connectivity index (χ2v) is 16.5. The molecule has 0 unspecified atom stereocenters. The first-order chi connectivity index (χ1) is 24.0. The normalized spacial score (nSPS) is 9.44. The van der Waals surface area contributed by atoms with Crippen LogP contribution in [0.4, 0.5) is 0 Å². The fourth-order valence-corrected chi connectivity index (χ4v) is 0. The van der Waals surface area contributed by atoms with E-state index in [-0.39, 0.29) is 566 Å². The molecular weight excluding hydrogens is 1740 g/mol. The van der Waals surface area contributed by atoms with Crippen LogP contribution in [0.5, 0.6) is 0 Å². The number of hydrogen-bond acceptors (Lipinski definition) is 42. The Hall–Kier alpha value is 20.2. The molecule has 0 aromatic rings. The minimum Gasteiger partial charge on any atom is -0.822 e. The van der Waals surface area contributed by atoms with Gasteiger partial charge in [0.05, 0.1) is 46.9 Å². The molecule has 0 radical (unpaired) electrons. The molecule has 0 aliphatic carbocycles. The average molecular weight is 1750 g/mol. The third kappa shape index (κ3) is 1960. The van der Waals surface area contributed by atoms with Crippen molar-refractivity contribution >= 4 is 660 Å². The summed E-state index contributed by atoms with van der Waals surface area (Å²) in [4.78, 5) is 300. The summed E-state index contributed by atoms with van der Waals surface area (Å²) in [7, 11) is -63.2. The van der Waals surface area contributed by atoms with Crippen LogP contribution in [-0.4, -0.2) is 595 Å². The number of rotatable bonds is 0. The molecule has 75 heavy (non-hydrogen) atoms. The van der Waals surface area contributed by atoms with Crippen LogP contribution in [0.1, 0.15) is 0 Å². The van der Waals surface area contributed by atoms with Gasteiger partial charge in [-0.25, -0.2) is 0 Å². The van der Waals surface area contributed by atoms with Crippen molar-refractivity contribution in [3.05, 3.63) is 0 Å². The summed E-state index contributed by atoms with van der Waals surface area (Å²) in [5.74, 6) is 0. The summed E-state index contributed by atoms with van der Waals surface area (Å²) in [6.45, 7) is 0. The summed E-state index contributed by atoms with van der Waals surface area (Å²) in [5.41, 5.74) is 0. The van der Waals surface area contributed by atoms with E-state index in [0.29, 0.717) is 0 Å². The molecule has 6 N–H and O–H groups in total. The van der Waals surface area contributed by atoms with E-state index in [1.54, 1.807) is 0 Å². The quantitative estimate of drug-likeness (QED) is 0.0969. The summed E-state index contributed by atoms with van der Waals surface area (Å²) >= 11 is 0. The van der Waals surface area contributed by atoms with Crippen molar-refractivity contribution in [2.45, 2.75) is 0 Å². The van der Waals surface area contributed by atoms with Crippen molar-refractivity contribution in [1.29, 1.82) is 0 Å². The van der Waals surface area contributed by atoms with Gasteiger partial charge in [-0.3, -0.25) is 0 Å². The van der Waals surface area contributed by atoms with Crippen LogP contribution in [0.2, 0.25) is 0 Å². The molecule has 0 heterocycles. The minimum atomic E-state index is -5.39. The van der Waals surface area contributed by atoms with Gasteiger partial charge in [0.15, 0.2) is 0 Å². The summed E-state index contributed by atoms with van der Waals surface area (Å²) < 4.78 is 103. The van der Waals surface area contributed by atoms with Crippen molar-refractivity contribution < 1.29 is 231 Å². The zero-order valence-electron chi connectivity index (χ0n) is 35.8. The Morgan fingerprint density at radius 1 is 0.133 bits per heavy atom. The molecule has 0 fully saturated rings. The van der Waals surface area contributed by atoms with Gasteiger partial charge in [0.1, 0.15) is 0 Å². The van der Waals surface area contributed by atoms with Crippen LogP contribution in [0, 0.1) is 0 Å². The van der Waals surface area contributed by atoms with Crippen LogP contribution < -0.4 is 147 Å². The topological polar surface area (TPSA) is 1020 Å². The van der Waals surface area contributed by atoms with Gasteiger partial charge in [0.25, 0.3) is 0 Å². The minimum absolute atomic E-state index is 0. The van der Waals surface area contributed by atoms with Crippen LogP contribution in [0.15, 0.2) is 0 Å². The Morgan fingerprint density at radius 2 is 0.133 bits per heavy atom. The second kappa shape index (κ2) is 96.3. The third-order valence-electron chi connectivity index (χ3n) is 0. The van der Waals surface area contributed by atoms with E-state index in [9.17, 15) is 0 Å². The van der Waals surface area contributed by atoms with E-state index in [1.807, 2.05) is 0 Å². The second-order valence-electron chi connectivity index (χ2n) is 5.49. The first-order valence-electron chi connectivity index (χ1n) is 8.87. The largest absolute Gasteiger partial charge is 2.00 e. The molecule has 0 aromatic heterocycles. The van der Waals surface area contributed by atoms with Gasteiger partial charge in [-0.05, 0) is 0 Å². The Balaban J connectivity index is -0.0000000132. The molecule has 0 amide bonds.